The fraction of sp³-hybridized carbons (Fsp3) is 1.00. The minimum absolute atomic E-state index is 0.916. The van der Waals surface area contributed by atoms with Gasteiger partial charge in [-0.15, -0.1) is 0 Å². The Morgan fingerprint density at radius 3 is 1.33 bits per heavy atom. The first kappa shape index (κ1) is 22.0. The second-order valence-corrected chi connectivity index (χ2v) is 8.22. The standard InChI is InChI=1S/C23H47N/c1-3-5-7-9-11-13-15-19-23(24-21-17-18-22-24)20-16-14-12-10-8-6-4-2/h23H,3-22H2,1-2H3. The first-order valence-electron chi connectivity index (χ1n) is 11.6. The summed E-state index contributed by atoms with van der Waals surface area (Å²) >= 11 is 0. The van der Waals surface area contributed by atoms with Gasteiger partial charge in [0.25, 0.3) is 0 Å². The number of hydrogen-bond acceptors (Lipinski definition) is 1. The van der Waals surface area contributed by atoms with Gasteiger partial charge in [-0.05, 0) is 38.8 Å². The molecule has 1 fully saturated rings. The van der Waals surface area contributed by atoms with Gasteiger partial charge in [-0.2, -0.15) is 0 Å². The lowest BCUT2D eigenvalue weighted by molar-refractivity contribution is 0.209. The Balaban J connectivity index is 2.07. The zero-order valence-electron chi connectivity index (χ0n) is 17.2. The lowest BCUT2D eigenvalue weighted by Crippen LogP contribution is -2.32. The third-order valence-corrected chi connectivity index (χ3v) is 5.94. The molecule has 1 aliphatic heterocycles. The topological polar surface area (TPSA) is 3.24 Å². The van der Waals surface area contributed by atoms with E-state index in [1.54, 1.807) is 0 Å². The summed E-state index contributed by atoms with van der Waals surface area (Å²) in [5.74, 6) is 0. The molecule has 0 aliphatic carbocycles. The molecule has 0 aromatic heterocycles. The molecule has 0 amide bonds. The van der Waals surface area contributed by atoms with E-state index in [4.69, 9.17) is 0 Å². The molecule has 1 heteroatoms. The van der Waals surface area contributed by atoms with Crippen LogP contribution in [0.3, 0.4) is 0 Å². The zero-order valence-corrected chi connectivity index (χ0v) is 17.2. The van der Waals surface area contributed by atoms with Crippen molar-refractivity contribution in [2.45, 2.75) is 135 Å². The fourth-order valence-electron chi connectivity index (χ4n) is 4.29. The van der Waals surface area contributed by atoms with Crippen LogP contribution in [0.25, 0.3) is 0 Å². The van der Waals surface area contributed by atoms with Crippen molar-refractivity contribution in [1.29, 1.82) is 0 Å². The van der Waals surface area contributed by atoms with Crippen LogP contribution >= 0.6 is 0 Å². The van der Waals surface area contributed by atoms with Gasteiger partial charge in [-0.3, -0.25) is 0 Å². The smallest absolute Gasteiger partial charge is 0.00952 e. The summed E-state index contributed by atoms with van der Waals surface area (Å²) in [7, 11) is 0. The minimum atomic E-state index is 0.916. The van der Waals surface area contributed by atoms with E-state index in [0.29, 0.717) is 0 Å². The van der Waals surface area contributed by atoms with Gasteiger partial charge in [0.15, 0.2) is 0 Å². The normalized spacial score (nSPS) is 15.6. The van der Waals surface area contributed by atoms with Crippen LogP contribution in [0.15, 0.2) is 0 Å². The molecule has 0 atom stereocenters. The Labute approximate surface area is 154 Å². The zero-order chi connectivity index (χ0) is 17.3. The van der Waals surface area contributed by atoms with Crippen LogP contribution in [0.2, 0.25) is 0 Å². The van der Waals surface area contributed by atoms with Crippen LogP contribution in [0.1, 0.15) is 129 Å². The van der Waals surface area contributed by atoms with E-state index in [9.17, 15) is 0 Å². The van der Waals surface area contributed by atoms with Gasteiger partial charge in [0, 0.05) is 6.04 Å². The van der Waals surface area contributed by atoms with Crippen LogP contribution < -0.4 is 0 Å². The highest BCUT2D eigenvalue weighted by Gasteiger charge is 2.20. The van der Waals surface area contributed by atoms with Crippen molar-refractivity contribution in [2.24, 2.45) is 0 Å². The third-order valence-electron chi connectivity index (χ3n) is 5.94. The molecule has 0 unspecified atom stereocenters. The van der Waals surface area contributed by atoms with Gasteiger partial charge in [0.05, 0.1) is 0 Å². The van der Waals surface area contributed by atoms with Crippen LogP contribution in [0.5, 0.6) is 0 Å². The van der Waals surface area contributed by atoms with Crippen molar-refractivity contribution in [1.82, 2.24) is 4.90 Å². The van der Waals surface area contributed by atoms with E-state index in [1.165, 1.54) is 129 Å². The monoisotopic (exact) mass is 337 g/mol. The quantitative estimate of drug-likeness (QED) is 0.245. The Kier molecular flexibility index (Phi) is 15.1. The van der Waals surface area contributed by atoms with Crippen LogP contribution in [0, 0.1) is 0 Å². The fourth-order valence-corrected chi connectivity index (χ4v) is 4.29. The van der Waals surface area contributed by atoms with Crippen molar-refractivity contribution in [3.8, 4) is 0 Å². The maximum Gasteiger partial charge on any atom is 0.00952 e. The van der Waals surface area contributed by atoms with E-state index in [2.05, 4.69) is 18.7 Å². The summed E-state index contributed by atoms with van der Waals surface area (Å²) in [6, 6.07) is 0.916. The molecule has 1 aliphatic rings. The molecule has 1 heterocycles. The van der Waals surface area contributed by atoms with Crippen molar-refractivity contribution in [3.05, 3.63) is 0 Å². The van der Waals surface area contributed by atoms with Gasteiger partial charge >= 0.3 is 0 Å². The van der Waals surface area contributed by atoms with Crippen molar-refractivity contribution in [2.75, 3.05) is 13.1 Å². The maximum atomic E-state index is 2.83. The summed E-state index contributed by atoms with van der Waals surface area (Å²) in [6.45, 7) is 7.39. The number of rotatable bonds is 17. The molecule has 0 radical (unpaired) electrons. The average Bonchev–Trinajstić information content (AvgIpc) is 3.12. The highest BCUT2D eigenvalue weighted by molar-refractivity contribution is 4.76. The first-order chi connectivity index (χ1) is 11.9. The molecular formula is C23H47N. The summed E-state index contributed by atoms with van der Waals surface area (Å²) < 4.78 is 0. The van der Waals surface area contributed by atoms with Gasteiger partial charge in [-0.1, -0.05) is 104 Å². The van der Waals surface area contributed by atoms with E-state index in [-0.39, 0.29) is 0 Å². The molecule has 144 valence electrons. The summed E-state index contributed by atoms with van der Waals surface area (Å²) in [4.78, 5) is 2.83. The lowest BCUT2D eigenvalue weighted by atomic mass is 9.99. The molecule has 24 heavy (non-hydrogen) atoms. The van der Waals surface area contributed by atoms with E-state index >= 15 is 0 Å². The predicted octanol–water partition coefficient (Wildman–Crippen LogP) is 7.73. The Bertz CT molecular complexity index is 226. The Morgan fingerprint density at radius 1 is 0.542 bits per heavy atom. The molecule has 0 saturated carbocycles. The van der Waals surface area contributed by atoms with Gasteiger partial charge < -0.3 is 4.90 Å². The molecule has 0 N–H and O–H groups in total. The van der Waals surface area contributed by atoms with E-state index < -0.39 is 0 Å². The van der Waals surface area contributed by atoms with Crippen LogP contribution in [-0.4, -0.2) is 24.0 Å². The van der Waals surface area contributed by atoms with E-state index in [1.807, 2.05) is 0 Å². The van der Waals surface area contributed by atoms with Gasteiger partial charge in [0.1, 0.15) is 0 Å². The Morgan fingerprint density at radius 2 is 0.917 bits per heavy atom. The first-order valence-corrected chi connectivity index (χ1v) is 11.6. The van der Waals surface area contributed by atoms with Crippen molar-refractivity contribution in [3.63, 3.8) is 0 Å². The molecule has 0 aromatic rings. The number of likely N-dealkylation sites (tertiary alicyclic amines) is 1. The van der Waals surface area contributed by atoms with Crippen molar-refractivity contribution >= 4 is 0 Å². The lowest BCUT2D eigenvalue weighted by Gasteiger charge is -2.27. The maximum absolute atomic E-state index is 2.83. The van der Waals surface area contributed by atoms with Gasteiger partial charge in [-0.25, -0.2) is 0 Å². The second-order valence-electron chi connectivity index (χ2n) is 8.22. The SMILES string of the molecule is CCCCCCCCCC(CCCCCCCCC)N1CCCC1. The molecule has 1 saturated heterocycles. The largest absolute Gasteiger partial charge is 0.300 e. The third kappa shape index (κ3) is 11.5. The van der Waals surface area contributed by atoms with E-state index in [0.717, 1.165) is 6.04 Å². The minimum Gasteiger partial charge on any atom is -0.300 e. The highest BCUT2D eigenvalue weighted by atomic mass is 15.2. The molecule has 0 aromatic carbocycles. The van der Waals surface area contributed by atoms with Crippen LogP contribution in [0.4, 0.5) is 0 Å². The Hall–Kier alpha value is -0.0400. The highest BCUT2D eigenvalue weighted by Crippen LogP contribution is 2.22. The number of nitrogens with zero attached hydrogens (tertiary/aromatic N) is 1. The predicted molar refractivity (Wildman–Crippen MR) is 110 cm³/mol. The number of hydrogen-bond donors (Lipinski definition) is 0. The summed E-state index contributed by atoms with van der Waals surface area (Å²) in [5, 5.41) is 0. The average molecular weight is 338 g/mol. The summed E-state index contributed by atoms with van der Waals surface area (Å²) in [5.41, 5.74) is 0. The number of unbranched alkanes of at least 4 members (excludes halogenated alkanes) is 12. The van der Waals surface area contributed by atoms with Gasteiger partial charge in [0.2, 0.25) is 0 Å². The van der Waals surface area contributed by atoms with Crippen molar-refractivity contribution < 1.29 is 0 Å². The molecular weight excluding hydrogens is 290 g/mol. The second kappa shape index (κ2) is 16.4. The van der Waals surface area contributed by atoms with Crippen LogP contribution in [-0.2, 0) is 0 Å². The molecule has 1 rings (SSSR count). The molecule has 0 spiro atoms. The molecule has 1 nitrogen and oxygen atoms in total. The molecule has 0 bridgehead atoms. The summed E-state index contributed by atoms with van der Waals surface area (Å²) in [6.07, 6.45) is 26.2.